The molecule has 2 heterocycles. The van der Waals surface area contributed by atoms with Gasteiger partial charge in [0.15, 0.2) is 0 Å². The highest BCUT2D eigenvalue weighted by Gasteiger charge is 2.57. The molecule has 0 atom stereocenters. The maximum atomic E-state index is 6.94. The second-order valence-corrected chi connectivity index (χ2v) is 64.9. The van der Waals surface area contributed by atoms with E-state index in [9.17, 15) is 0 Å². The quantitative estimate of drug-likeness (QED) is 0.107. The lowest BCUT2D eigenvalue weighted by molar-refractivity contribution is 0.0394. The first-order valence-electron chi connectivity index (χ1n) is 52.6. The number of rotatable bonds is 13. The minimum Gasteiger partial charge on any atom is -0.385 e. The van der Waals surface area contributed by atoms with Gasteiger partial charge in [-0.3, -0.25) is 0 Å². The lowest BCUT2D eigenvalue weighted by atomic mass is 9.54. The molecular weight excluding hydrogens is 1660 g/mol. The zero-order valence-corrected chi connectivity index (χ0v) is 94.0. The molecule has 0 N–H and O–H groups in total. The van der Waals surface area contributed by atoms with E-state index in [-0.39, 0.29) is 22.2 Å². The molecule has 0 saturated heterocycles. The summed E-state index contributed by atoms with van der Waals surface area (Å²) < 4.78 is 49.5. The summed E-state index contributed by atoms with van der Waals surface area (Å²) in [5, 5.41) is 12.2. The fraction of sp³-hybridized carbons (Fsp3) is 0.603. The van der Waals surface area contributed by atoms with Crippen molar-refractivity contribution in [2.24, 2.45) is 5.41 Å². The molecule has 131 heavy (non-hydrogen) atoms. The fourth-order valence-corrected chi connectivity index (χ4v) is 43.3. The average Bonchev–Trinajstić information content (AvgIpc) is 1.55. The largest absolute Gasteiger partial charge is 0.385 e. The zero-order valence-electron chi connectivity index (χ0n) is 93.0. The molecule has 5 fully saturated rings. The van der Waals surface area contributed by atoms with Crippen LogP contribution in [0.5, 0.6) is 0 Å². The molecule has 5 saturated carbocycles. The van der Waals surface area contributed by atoms with Crippen LogP contribution in [0.4, 0.5) is 0 Å². The Balaban J connectivity index is 0.000000273. The van der Waals surface area contributed by atoms with Crippen molar-refractivity contribution in [1.82, 2.24) is 0 Å². The molecule has 7 aliphatic rings. The number of ether oxygens (including phenoxy) is 6. The normalized spacial score (nSPS) is 18.5. The van der Waals surface area contributed by atoms with Gasteiger partial charge in [-0.2, -0.15) is 0 Å². The standard InChI is InChI=1S/C21H26.2C20H24Si.C20H26Si.C14H30Si.4C5H12O.2C3H8O/c1-20(16-10-5-11-17-20)21(2,18-12-6-3-7-13-18)19-14-8-4-9-15-19;2*1-20(14-8-3-9-15-20)21(2)18-12-6-4-10-16(18)17-11-5-7-13-19(17)21;1-20(16-10-5-11-17-20)21(2,18-12-6-3-7-13-18)19-14-8-4-9-15-19;1-12(2)15(6,13(3)4)14(5)10-8-7-9-11-14;4*1-5(2,3)6-4;2*1-3-4-2/h3-4,6-9,12-15H,5,10-11,16-17H2,1-2H3;2*4-7,10-13H,3,8-9,14-15H2,1-2H3;3-4,6-9,12-15H,5,10-11,16-17H2,1-2H3;12-13H,7-11H2,1-6H3;4*1-4H3;2*3H2,1-2H3/i;;;;;1D3;;;;;. The van der Waals surface area contributed by atoms with Gasteiger partial charge in [0.05, 0.1) is 30.5 Å². The fourth-order valence-electron chi connectivity index (χ4n) is 22.3. The smallest absolute Gasteiger partial charge is 0.122 e. The molecule has 0 aromatic heterocycles. The summed E-state index contributed by atoms with van der Waals surface area (Å²) in [5.74, 6) is 0. The van der Waals surface area contributed by atoms with Crippen LogP contribution in [-0.2, 0) is 33.8 Å². The van der Waals surface area contributed by atoms with Gasteiger partial charge in [0.1, 0.15) is 24.2 Å². The Bertz CT molecular complexity index is 4070. The summed E-state index contributed by atoms with van der Waals surface area (Å²) in [6.07, 6.45) is 35.5. The summed E-state index contributed by atoms with van der Waals surface area (Å²) in [7, 11) is 3.73. The van der Waals surface area contributed by atoms with Gasteiger partial charge in [-0.15, -0.1) is 0 Å². The minimum absolute atomic E-state index is 0.0417. The number of fused-ring (bicyclic) bond motifs is 6. The molecule has 730 valence electrons. The molecule has 15 rings (SSSR count). The van der Waals surface area contributed by atoms with Gasteiger partial charge in [-0.25, -0.2) is 0 Å². The molecule has 0 amide bonds. The Kier molecular flexibility index (Phi) is 44.6. The summed E-state index contributed by atoms with van der Waals surface area (Å²) in [4.78, 5) is 0. The van der Waals surface area contributed by atoms with Gasteiger partial charge in [0, 0.05) is 65.4 Å². The third-order valence-corrected chi connectivity index (χ3v) is 58.8. The second kappa shape index (κ2) is 52.8. The van der Waals surface area contributed by atoms with E-state index in [4.69, 9.17) is 23.1 Å². The summed E-state index contributed by atoms with van der Waals surface area (Å²) in [6, 6.07) is 81.8. The van der Waals surface area contributed by atoms with Crippen LogP contribution < -0.4 is 31.1 Å². The molecule has 5 aliphatic carbocycles. The highest BCUT2D eigenvalue weighted by Crippen LogP contribution is 2.60. The van der Waals surface area contributed by atoms with E-state index in [1.165, 1.54) is 201 Å². The van der Waals surface area contributed by atoms with Crippen molar-refractivity contribution in [3.8, 4) is 22.3 Å². The third kappa shape index (κ3) is 30.4. The monoisotopic (exact) mass is 1860 g/mol. The summed E-state index contributed by atoms with van der Waals surface area (Å²) in [6.45, 7) is 60.6. The average molecular weight is 1860 g/mol. The SMILES string of the molecule is CC(C)[Si](C)(C(C)C)C1(C)CCCCC1.CC1(C(C)(c2ccccc2)c2ccccc2)CCCCC1.CC1([Si](C)(c2ccccc2)c2ccccc2)CCCCC1.CC1([Si]2(C)c3ccccc3-c3ccccc32)CCCCC1.CC1([Si]2(C)c3ccccc3-c3ccccc32)CCCCC1.CCOC.CCOC.COC(C)(C)C.COC(C)(C)C.COC(C)(C)C.[2H]C([2H])([2H])C(C)(C)OC. The van der Waals surface area contributed by atoms with E-state index in [1.54, 1.807) is 80.5 Å². The van der Waals surface area contributed by atoms with Crippen LogP contribution in [-0.4, -0.2) is 111 Å². The predicted octanol–water partition coefficient (Wildman–Crippen LogP) is 32.4. The number of hydrogen-bond donors (Lipinski definition) is 0. The van der Waals surface area contributed by atoms with Gasteiger partial charge < -0.3 is 28.4 Å². The first-order valence-corrected chi connectivity index (χ1v) is 61.3. The van der Waals surface area contributed by atoms with Crippen molar-refractivity contribution in [3.63, 3.8) is 0 Å². The predicted molar refractivity (Wildman–Crippen MR) is 590 cm³/mol. The molecule has 8 aromatic carbocycles. The Labute approximate surface area is 815 Å². The van der Waals surface area contributed by atoms with Crippen molar-refractivity contribution in [3.05, 3.63) is 230 Å². The lowest BCUT2D eigenvalue weighted by Gasteiger charge is -2.53. The molecule has 8 aromatic rings. The van der Waals surface area contributed by atoms with Gasteiger partial charge in [0.2, 0.25) is 0 Å². The third-order valence-electron chi connectivity index (χ3n) is 33.1. The first-order chi connectivity index (χ1) is 62.8. The van der Waals surface area contributed by atoms with Gasteiger partial charge >= 0.3 is 0 Å². The van der Waals surface area contributed by atoms with Crippen LogP contribution in [0.3, 0.4) is 0 Å². The maximum Gasteiger partial charge on any atom is 0.122 e. The van der Waals surface area contributed by atoms with E-state index >= 15 is 0 Å². The van der Waals surface area contributed by atoms with E-state index in [0.717, 1.165) is 24.3 Å². The van der Waals surface area contributed by atoms with E-state index in [0.29, 0.717) is 25.6 Å². The van der Waals surface area contributed by atoms with Crippen LogP contribution in [0.25, 0.3) is 22.3 Å². The zero-order chi connectivity index (χ0) is 100. The van der Waals surface area contributed by atoms with E-state index in [2.05, 4.69) is 323 Å². The Morgan fingerprint density at radius 1 is 0.313 bits per heavy atom. The lowest BCUT2D eigenvalue weighted by Crippen LogP contribution is -2.63. The molecule has 10 heteroatoms. The van der Waals surface area contributed by atoms with Crippen LogP contribution in [0.2, 0.25) is 57.4 Å². The summed E-state index contributed by atoms with van der Waals surface area (Å²) in [5.41, 5.74) is 10.4. The topological polar surface area (TPSA) is 55.4 Å². The van der Waals surface area contributed by atoms with Gasteiger partial charge in [-0.05, 0) is 228 Å². The van der Waals surface area contributed by atoms with Crippen LogP contribution >= 0.6 is 0 Å². The molecule has 2 aliphatic heterocycles. The minimum atomic E-state index is -2.03. The second-order valence-electron chi connectivity index (χ2n) is 45.2. The van der Waals surface area contributed by atoms with E-state index in [1.807, 2.05) is 76.2 Å². The molecule has 6 nitrogen and oxygen atoms in total. The van der Waals surface area contributed by atoms with Crippen LogP contribution in [0.15, 0.2) is 218 Å². The van der Waals surface area contributed by atoms with Crippen molar-refractivity contribution in [2.45, 2.75) is 412 Å². The first kappa shape index (κ1) is 111. The highest BCUT2D eigenvalue weighted by atomic mass is 28.3. The molecule has 0 bridgehead atoms. The Morgan fingerprint density at radius 3 is 0.748 bits per heavy atom. The number of benzene rings is 8. The van der Waals surface area contributed by atoms with Crippen molar-refractivity contribution >= 4 is 63.4 Å². The number of methoxy groups -OCH3 is 6. The highest BCUT2D eigenvalue weighted by molar-refractivity contribution is 7.07. The van der Waals surface area contributed by atoms with Crippen molar-refractivity contribution < 1.29 is 32.5 Å². The Hall–Kier alpha value is -5.61. The van der Waals surface area contributed by atoms with Crippen molar-refractivity contribution in [1.29, 1.82) is 0 Å². The Morgan fingerprint density at radius 2 is 0.527 bits per heavy atom. The van der Waals surface area contributed by atoms with Gasteiger partial charge in [0.25, 0.3) is 0 Å². The molecular formula is C121H194O6Si4. The van der Waals surface area contributed by atoms with Crippen LogP contribution in [0.1, 0.15) is 342 Å². The van der Waals surface area contributed by atoms with Crippen molar-refractivity contribution in [2.75, 3.05) is 55.9 Å². The maximum absolute atomic E-state index is 6.94. The molecule has 0 spiro atoms. The van der Waals surface area contributed by atoms with Crippen LogP contribution in [0, 0.1) is 5.41 Å². The van der Waals surface area contributed by atoms with E-state index < -0.39 is 44.7 Å². The molecule has 0 radical (unpaired) electrons. The van der Waals surface area contributed by atoms with Gasteiger partial charge in [-0.1, -0.05) is 444 Å². The summed E-state index contributed by atoms with van der Waals surface area (Å²) >= 11 is 0. The number of hydrogen-bond acceptors (Lipinski definition) is 6. The molecule has 0 unspecified atom stereocenters.